The van der Waals surface area contributed by atoms with Gasteiger partial charge in [0.15, 0.2) is 23.8 Å². The zero-order chi connectivity index (χ0) is 71.6. The second-order valence-electron chi connectivity index (χ2n) is 22.3. The molecule has 3 aromatic heterocycles. The number of amides is 9. The van der Waals surface area contributed by atoms with Crippen LogP contribution in [0.3, 0.4) is 0 Å². The second kappa shape index (κ2) is 40.4. The molecule has 0 fully saturated rings. The monoisotopic (exact) mass is 1360 g/mol. The molecule has 0 aliphatic heterocycles. The summed E-state index contributed by atoms with van der Waals surface area (Å²) in [5, 5.41) is 83.3. The number of rotatable bonds is 43. The number of aliphatic carboxylic acids is 2. The Kier molecular flexibility index (Phi) is 32.4. The van der Waals surface area contributed by atoms with Gasteiger partial charge in [-0.3, -0.25) is 74.6 Å². The number of carboxylic acid groups (broad SMARTS) is 2. The molecule has 0 bridgehead atoms. The first-order valence-electron chi connectivity index (χ1n) is 30.7. The van der Waals surface area contributed by atoms with E-state index in [0.717, 1.165) is 0 Å². The van der Waals surface area contributed by atoms with E-state index in [-0.39, 0.29) is 108 Å². The molecule has 528 valence electrons. The average Bonchev–Trinajstić information content (AvgIpc) is 1.75. The second-order valence-corrected chi connectivity index (χ2v) is 22.3. The highest BCUT2D eigenvalue weighted by molar-refractivity contribution is 5.99. The number of carbonyl (C=O) groups excluding carboxylic acids is 9. The number of guanidine groups is 4. The molecule has 39 nitrogen and oxygen atoms in total. The van der Waals surface area contributed by atoms with Crippen LogP contribution in [-0.2, 0) is 72.0 Å². The number of aromatic nitrogens is 4. The molecule has 4 aromatic rings. The highest BCUT2D eigenvalue weighted by Crippen LogP contribution is 2.20. The number of imidazole rings is 1. The Morgan fingerprint density at radius 3 is 1.45 bits per heavy atom. The molecular weight excluding hydrogens is 1270 g/mol. The van der Waals surface area contributed by atoms with Crippen molar-refractivity contribution in [2.45, 2.75) is 138 Å². The number of carboxylic acids is 2. The zero-order valence-corrected chi connectivity index (χ0v) is 53.2. The van der Waals surface area contributed by atoms with Crippen LogP contribution in [0.5, 0.6) is 0 Å². The Morgan fingerprint density at radius 1 is 0.515 bits per heavy atom. The van der Waals surface area contributed by atoms with Crippen molar-refractivity contribution in [2.24, 2.45) is 28.7 Å². The number of benzene rings is 1. The fourth-order valence-electron chi connectivity index (χ4n) is 9.56. The standard InChI is InChI=1S/C58H88N26O13/c1-30(77-51(93)43(24-45(86)87)78-44(85)28-75-47(89)35(59)21-31-9-4-16-68-25-31)46(88)83-42(23-33-27-69-29-76-33)53(95)84-41(22-32-26-74-36-11-3-2-10-34(32)36)52(94)81-38(13-6-18-71-56(62)63)49(91)79-37(12-5-17-70-55(60)61)48(90)80-39(14-7-19-72-57(64)65)50(92)82-40(54(96)97)15-8-20-73-58(66)67/h2-4,9-11,16,25-27,29-30,35,37-43,74H,5-8,12-15,17-24,28,59H2,1H3,(H,69,76)(H,75,89)(H,77,93)(H,78,85)(H,79,91)(H,80,90)(H,81,94)(H,82,92)(H,83,88)(H,84,95)(H,86,87)(H,96,97)(H4,60,61,70)(H4,62,63,71)(H4,64,65,72)(H4,66,67,73)/t30-,35-,37-,38-,39-,40-,41-,42-,43-/m0/s1. The molecule has 97 heavy (non-hydrogen) atoms. The molecule has 0 saturated carbocycles. The first-order chi connectivity index (χ1) is 46.1. The molecule has 9 amide bonds. The molecular formula is C58H88N26O13. The van der Waals surface area contributed by atoms with E-state index in [0.29, 0.717) is 22.0 Å². The summed E-state index contributed by atoms with van der Waals surface area (Å²) in [6.07, 6.45) is 5.50. The molecule has 0 saturated heterocycles. The van der Waals surface area contributed by atoms with Gasteiger partial charge in [0.25, 0.3) is 0 Å². The summed E-state index contributed by atoms with van der Waals surface area (Å²) in [5.41, 5.74) is 29.8. The Bertz CT molecular complexity index is 3370. The lowest BCUT2D eigenvalue weighted by Gasteiger charge is -2.28. The predicted molar refractivity (Wildman–Crippen MR) is 351 cm³/mol. The summed E-state index contributed by atoms with van der Waals surface area (Å²) in [4.78, 5) is 165. The van der Waals surface area contributed by atoms with E-state index in [1.807, 2.05) is 0 Å². The van der Waals surface area contributed by atoms with Crippen LogP contribution >= 0.6 is 0 Å². The molecule has 0 radical (unpaired) electrons. The van der Waals surface area contributed by atoms with Gasteiger partial charge in [0, 0.05) is 74.7 Å². The third kappa shape index (κ3) is 29.0. The quantitative estimate of drug-likeness (QED) is 0.0111. The van der Waals surface area contributed by atoms with Crippen molar-refractivity contribution in [2.75, 3.05) is 32.7 Å². The highest BCUT2D eigenvalue weighted by atomic mass is 16.4. The van der Waals surface area contributed by atoms with Crippen molar-refractivity contribution in [1.29, 1.82) is 21.6 Å². The summed E-state index contributed by atoms with van der Waals surface area (Å²) in [6.45, 7) is 0.642. The van der Waals surface area contributed by atoms with Crippen molar-refractivity contribution >= 4 is 99.8 Å². The summed E-state index contributed by atoms with van der Waals surface area (Å²) in [6, 6.07) is -3.30. The number of nitrogens with zero attached hydrogens (tertiary/aromatic N) is 2. The third-order valence-corrected chi connectivity index (χ3v) is 14.5. The van der Waals surface area contributed by atoms with Crippen LogP contribution in [0.15, 0.2) is 67.5 Å². The fraction of sp³-hybridized carbons (Fsp3) is 0.466. The van der Waals surface area contributed by atoms with Gasteiger partial charge in [0.1, 0.15) is 48.3 Å². The van der Waals surface area contributed by atoms with Crippen molar-refractivity contribution in [3.8, 4) is 0 Å². The maximum absolute atomic E-state index is 15.0. The maximum Gasteiger partial charge on any atom is 0.326 e. The molecule has 0 spiro atoms. The summed E-state index contributed by atoms with van der Waals surface area (Å²) in [5.74, 6) is -13.2. The van der Waals surface area contributed by atoms with E-state index in [1.165, 1.54) is 31.8 Å². The van der Waals surface area contributed by atoms with Gasteiger partial charge in [-0.15, -0.1) is 0 Å². The molecule has 3 heterocycles. The number of aromatic amines is 2. The van der Waals surface area contributed by atoms with Crippen molar-refractivity contribution in [3.05, 3.63) is 84.3 Å². The van der Waals surface area contributed by atoms with Crippen LogP contribution in [0.2, 0.25) is 0 Å². The SMILES string of the molecule is C[C@H](NC(=O)[C@H](CC(=O)O)NC(=O)CNC(=O)[C@@H](N)Cc1cccnc1)C(=O)N[C@@H](Cc1c[nH]cn1)C(=O)N[C@@H](Cc1c[nH]c2ccccc12)C(=O)N[C@@H](CCCNC(=N)N)C(=O)N[C@@H](CCCNC(=N)N)C(=O)N[C@@H](CCCNC(=N)N)C(=O)N[C@@H](CCCNC(=N)N)C(=O)O. The molecule has 0 aliphatic carbocycles. The van der Waals surface area contributed by atoms with Crippen molar-refractivity contribution in [1.82, 2.24) is 89.1 Å². The summed E-state index contributed by atoms with van der Waals surface area (Å²) < 4.78 is 0. The number of fused-ring (bicyclic) bond motifs is 1. The zero-order valence-electron chi connectivity index (χ0n) is 53.2. The largest absolute Gasteiger partial charge is 0.481 e. The summed E-state index contributed by atoms with van der Waals surface area (Å²) >= 11 is 0. The number of nitrogens with one attached hydrogen (secondary N) is 19. The van der Waals surface area contributed by atoms with Crippen molar-refractivity contribution in [3.63, 3.8) is 0 Å². The number of H-pyrrole nitrogens is 2. The van der Waals surface area contributed by atoms with E-state index >= 15 is 4.79 Å². The van der Waals surface area contributed by atoms with Gasteiger partial charge >= 0.3 is 11.9 Å². The fourth-order valence-corrected chi connectivity index (χ4v) is 9.56. The van der Waals surface area contributed by atoms with Crippen LogP contribution in [0.4, 0.5) is 0 Å². The first kappa shape index (κ1) is 77.8. The molecule has 1 aromatic carbocycles. The predicted octanol–water partition coefficient (Wildman–Crippen LogP) is -6.73. The van der Waals surface area contributed by atoms with Crippen LogP contribution < -0.4 is 97.8 Å². The normalized spacial score (nSPS) is 13.6. The molecule has 0 aliphatic rings. The smallest absolute Gasteiger partial charge is 0.326 e. The van der Waals surface area contributed by atoms with E-state index < -0.39 is 150 Å². The minimum atomic E-state index is -1.79. The number of hydrogen-bond acceptors (Lipinski definition) is 18. The Hall–Kier alpha value is -11.7. The van der Waals surface area contributed by atoms with E-state index in [1.54, 1.807) is 42.6 Å². The van der Waals surface area contributed by atoms with Gasteiger partial charge in [-0.25, -0.2) is 9.78 Å². The molecule has 39 heteroatoms. The van der Waals surface area contributed by atoms with Gasteiger partial charge in [0.2, 0.25) is 53.2 Å². The van der Waals surface area contributed by atoms with Crippen LogP contribution in [0.25, 0.3) is 10.9 Å². The molecule has 4 rings (SSSR count). The Morgan fingerprint density at radius 2 is 0.979 bits per heavy atom. The summed E-state index contributed by atoms with van der Waals surface area (Å²) in [7, 11) is 0. The number of hydrogen-bond donors (Lipinski definition) is 26. The van der Waals surface area contributed by atoms with Crippen LogP contribution in [0.1, 0.15) is 81.5 Å². The lowest BCUT2D eigenvalue weighted by Crippen LogP contribution is -2.60. The highest BCUT2D eigenvalue weighted by Gasteiger charge is 2.36. The van der Waals surface area contributed by atoms with E-state index in [9.17, 15) is 58.2 Å². The van der Waals surface area contributed by atoms with Crippen LogP contribution in [0, 0.1) is 21.6 Å². The molecule has 31 N–H and O–H groups in total. The molecule has 0 unspecified atom stereocenters. The van der Waals surface area contributed by atoms with Crippen LogP contribution in [-0.4, -0.2) is 206 Å². The van der Waals surface area contributed by atoms with Gasteiger partial charge in [0.05, 0.1) is 31.0 Å². The average molecular weight is 1360 g/mol. The van der Waals surface area contributed by atoms with Gasteiger partial charge in [-0.05, 0) is 88.0 Å². The van der Waals surface area contributed by atoms with Gasteiger partial charge in [-0.1, -0.05) is 24.3 Å². The minimum absolute atomic E-state index is 0.00306. The number of nitrogens with two attached hydrogens (primary N) is 5. The lowest BCUT2D eigenvalue weighted by atomic mass is 10.0. The molecule has 9 atom stereocenters. The Labute approximate surface area is 555 Å². The number of para-hydroxylation sites is 1. The number of pyridine rings is 1. The first-order valence-corrected chi connectivity index (χ1v) is 30.7. The van der Waals surface area contributed by atoms with E-state index in [2.05, 4.69) is 89.1 Å². The maximum atomic E-state index is 15.0. The van der Waals surface area contributed by atoms with Gasteiger partial charge in [-0.2, -0.15) is 0 Å². The topological polar surface area (TPSA) is 667 Å². The van der Waals surface area contributed by atoms with Gasteiger partial charge < -0.3 is 118 Å². The van der Waals surface area contributed by atoms with Crippen molar-refractivity contribution < 1.29 is 63.0 Å². The minimum Gasteiger partial charge on any atom is -0.481 e. The Balaban J connectivity index is 1.64. The third-order valence-electron chi connectivity index (χ3n) is 14.5. The lowest BCUT2D eigenvalue weighted by molar-refractivity contribution is -0.142. The van der Waals surface area contributed by atoms with E-state index in [4.69, 9.17) is 50.3 Å². The number of carbonyl (C=O) groups is 11.